The van der Waals surface area contributed by atoms with Crippen LogP contribution in [0.15, 0.2) is 10.5 Å². The second kappa shape index (κ2) is 5.33. The van der Waals surface area contributed by atoms with Gasteiger partial charge in [0.25, 0.3) is 0 Å². The summed E-state index contributed by atoms with van der Waals surface area (Å²) in [6.07, 6.45) is 2.48. The molecule has 0 bridgehead atoms. The number of aromatic nitrogens is 1. The highest BCUT2D eigenvalue weighted by molar-refractivity contribution is 9.10. The van der Waals surface area contributed by atoms with E-state index in [1.807, 2.05) is 13.8 Å². The molecule has 2 aromatic rings. The van der Waals surface area contributed by atoms with Crippen molar-refractivity contribution in [1.82, 2.24) is 4.98 Å². The van der Waals surface area contributed by atoms with Crippen LogP contribution in [0.5, 0.6) is 0 Å². The number of aryl methyl sites for hydroxylation is 2. The fourth-order valence-electron chi connectivity index (χ4n) is 2.41. The lowest BCUT2D eigenvalue weighted by molar-refractivity contribution is 0.0698. The van der Waals surface area contributed by atoms with Crippen molar-refractivity contribution >= 4 is 32.8 Å². The van der Waals surface area contributed by atoms with Crippen LogP contribution in [0.4, 0.5) is 4.39 Å². The van der Waals surface area contributed by atoms with Crippen LogP contribution in [0.2, 0.25) is 0 Å². The van der Waals surface area contributed by atoms with Crippen molar-refractivity contribution < 1.29 is 14.3 Å². The van der Waals surface area contributed by atoms with Gasteiger partial charge in [0.1, 0.15) is 5.82 Å². The molecular weight excluding hydrogens is 313 g/mol. The average molecular weight is 328 g/mol. The number of carbonyl (C=O) groups is 1. The second-order valence-corrected chi connectivity index (χ2v) is 5.25. The van der Waals surface area contributed by atoms with Crippen LogP contribution >= 0.6 is 15.9 Å². The number of hydrogen-bond donors (Lipinski definition) is 2. The van der Waals surface area contributed by atoms with Gasteiger partial charge in [0.05, 0.1) is 15.6 Å². The zero-order chi connectivity index (χ0) is 14.2. The molecular formula is C14H15BrFNO2. The lowest BCUT2D eigenvalue weighted by Gasteiger charge is -2.04. The van der Waals surface area contributed by atoms with Crippen molar-refractivity contribution in [1.29, 1.82) is 0 Å². The van der Waals surface area contributed by atoms with E-state index < -0.39 is 11.8 Å². The maximum Gasteiger partial charge on any atom is 0.337 e. The molecule has 0 saturated heterocycles. The Hall–Kier alpha value is -1.36. The molecule has 0 amide bonds. The lowest BCUT2D eigenvalue weighted by Crippen LogP contribution is -1.99. The number of nitrogens with one attached hydrogen (secondary N) is 1. The minimum Gasteiger partial charge on any atom is -0.478 e. The molecule has 2 rings (SSSR count). The number of aromatic amines is 1. The summed E-state index contributed by atoms with van der Waals surface area (Å²) in [6.45, 7) is 4.04. The van der Waals surface area contributed by atoms with Gasteiger partial charge in [-0.3, -0.25) is 0 Å². The van der Waals surface area contributed by atoms with E-state index in [2.05, 4.69) is 20.9 Å². The highest BCUT2D eigenvalue weighted by Gasteiger charge is 2.21. The van der Waals surface area contributed by atoms with Crippen LogP contribution in [0, 0.1) is 5.82 Å². The van der Waals surface area contributed by atoms with Crippen molar-refractivity contribution in [2.75, 3.05) is 0 Å². The number of halogens is 2. The van der Waals surface area contributed by atoms with Crippen LogP contribution < -0.4 is 0 Å². The van der Waals surface area contributed by atoms with Crippen LogP contribution in [0.1, 0.15) is 41.9 Å². The Morgan fingerprint density at radius 3 is 2.68 bits per heavy atom. The lowest BCUT2D eigenvalue weighted by atomic mass is 10.0. The summed E-state index contributed by atoms with van der Waals surface area (Å²) in [5, 5.41) is 9.86. The molecule has 1 aromatic heterocycles. The van der Waals surface area contributed by atoms with Gasteiger partial charge in [0, 0.05) is 11.1 Å². The number of benzene rings is 1. The van der Waals surface area contributed by atoms with Gasteiger partial charge < -0.3 is 10.1 Å². The molecule has 0 spiro atoms. The molecule has 3 nitrogen and oxygen atoms in total. The number of carboxylic acids is 1. The molecule has 0 aliphatic heterocycles. The van der Waals surface area contributed by atoms with Crippen LogP contribution in [-0.4, -0.2) is 16.1 Å². The molecule has 1 aromatic carbocycles. The van der Waals surface area contributed by atoms with Crippen LogP contribution in [0.25, 0.3) is 10.9 Å². The molecule has 2 N–H and O–H groups in total. The molecule has 0 radical (unpaired) electrons. The highest BCUT2D eigenvalue weighted by Crippen LogP contribution is 2.35. The molecule has 0 aliphatic rings. The maximum absolute atomic E-state index is 13.9. The van der Waals surface area contributed by atoms with Crippen LogP contribution in [-0.2, 0) is 12.8 Å². The predicted molar refractivity (Wildman–Crippen MR) is 76.3 cm³/mol. The molecule has 19 heavy (non-hydrogen) atoms. The summed E-state index contributed by atoms with van der Waals surface area (Å²) in [7, 11) is 0. The summed E-state index contributed by atoms with van der Waals surface area (Å²) < 4.78 is 14.2. The molecule has 0 atom stereocenters. The fraction of sp³-hybridized carbons (Fsp3) is 0.357. The first-order valence-corrected chi connectivity index (χ1v) is 7.05. The Balaban J connectivity index is 2.90. The fourth-order valence-corrected chi connectivity index (χ4v) is 2.96. The van der Waals surface area contributed by atoms with Gasteiger partial charge in [-0.2, -0.15) is 0 Å². The van der Waals surface area contributed by atoms with Gasteiger partial charge in [-0.1, -0.05) is 20.3 Å². The third-order valence-electron chi connectivity index (χ3n) is 3.25. The van der Waals surface area contributed by atoms with E-state index in [0.29, 0.717) is 15.4 Å². The van der Waals surface area contributed by atoms with E-state index in [4.69, 9.17) is 0 Å². The van der Waals surface area contributed by atoms with Crippen molar-refractivity contribution in [2.24, 2.45) is 0 Å². The maximum atomic E-state index is 13.9. The Morgan fingerprint density at radius 2 is 2.16 bits per heavy atom. The van der Waals surface area contributed by atoms with E-state index >= 15 is 0 Å². The zero-order valence-electron chi connectivity index (χ0n) is 10.8. The van der Waals surface area contributed by atoms with E-state index in [1.54, 1.807) is 0 Å². The number of H-pyrrole nitrogens is 1. The van der Waals surface area contributed by atoms with E-state index in [9.17, 15) is 14.3 Å². The van der Waals surface area contributed by atoms with Crippen LogP contribution in [0.3, 0.4) is 0 Å². The molecule has 0 fully saturated rings. The number of rotatable bonds is 4. The first-order chi connectivity index (χ1) is 9.01. The Bertz CT molecular complexity index is 649. The number of carboxylic acid groups (broad SMARTS) is 1. The quantitative estimate of drug-likeness (QED) is 0.880. The summed E-state index contributed by atoms with van der Waals surface area (Å²) in [4.78, 5) is 14.4. The zero-order valence-corrected chi connectivity index (χ0v) is 12.4. The van der Waals surface area contributed by atoms with Gasteiger partial charge in [-0.05, 0) is 40.4 Å². The first kappa shape index (κ1) is 14.1. The third-order valence-corrected chi connectivity index (χ3v) is 4.02. The summed E-state index contributed by atoms with van der Waals surface area (Å²) in [5.74, 6) is -1.66. The molecule has 0 aliphatic carbocycles. The number of hydrogen-bond acceptors (Lipinski definition) is 1. The number of aromatic carboxylic acids is 1. The van der Waals surface area contributed by atoms with E-state index in [0.717, 1.165) is 36.6 Å². The molecule has 0 unspecified atom stereocenters. The molecule has 102 valence electrons. The van der Waals surface area contributed by atoms with Gasteiger partial charge in [-0.25, -0.2) is 9.18 Å². The van der Waals surface area contributed by atoms with Gasteiger partial charge >= 0.3 is 5.97 Å². The van der Waals surface area contributed by atoms with E-state index in [-0.39, 0.29) is 5.56 Å². The standard InChI is InChI=1S/C14H15BrFNO2/c1-3-5-7-10(4-2)17-13-8(14(18)19)6-9(16)12(15)11(7)13/h6,17H,3-5H2,1-2H3,(H,18,19). The minimum absolute atomic E-state index is 0.0206. The summed E-state index contributed by atoms with van der Waals surface area (Å²) in [6, 6.07) is 1.06. The molecule has 1 heterocycles. The third kappa shape index (κ3) is 2.27. The van der Waals surface area contributed by atoms with Crippen molar-refractivity contribution in [3.63, 3.8) is 0 Å². The largest absolute Gasteiger partial charge is 0.478 e. The van der Waals surface area contributed by atoms with E-state index in [1.165, 1.54) is 0 Å². The highest BCUT2D eigenvalue weighted by atomic mass is 79.9. The van der Waals surface area contributed by atoms with Gasteiger partial charge in [-0.15, -0.1) is 0 Å². The van der Waals surface area contributed by atoms with Gasteiger partial charge in [0.15, 0.2) is 0 Å². The minimum atomic E-state index is -1.12. The Morgan fingerprint density at radius 1 is 1.47 bits per heavy atom. The average Bonchev–Trinajstić information content (AvgIpc) is 2.73. The molecule has 0 saturated carbocycles. The second-order valence-electron chi connectivity index (χ2n) is 4.46. The first-order valence-electron chi connectivity index (χ1n) is 6.25. The SMILES string of the molecule is CCCc1c(CC)[nH]c2c(C(=O)O)cc(F)c(Br)c12. The van der Waals surface area contributed by atoms with Crippen molar-refractivity contribution in [3.05, 3.63) is 33.2 Å². The normalized spacial score (nSPS) is 11.2. The topological polar surface area (TPSA) is 53.1 Å². The van der Waals surface area contributed by atoms with Crippen molar-refractivity contribution in [3.8, 4) is 0 Å². The number of fused-ring (bicyclic) bond motifs is 1. The smallest absolute Gasteiger partial charge is 0.337 e. The monoisotopic (exact) mass is 327 g/mol. The summed E-state index contributed by atoms with van der Waals surface area (Å²) >= 11 is 3.24. The van der Waals surface area contributed by atoms with Crippen molar-refractivity contribution in [2.45, 2.75) is 33.1 Å². The summed E-state index contributed by atoms with van der Waals surface area (Å²) in [5.41, 5.74) is 2.47. The van der Waals surface area contributed by atoms with Gasteiger partial charge in [0.2, 0.25) is 0 Å². The predicted octanol–water partition coefficient (Wildman–Crippen LogP) is 4.28. The Kier molecular flexibility index (Phi) is 3.94. The Labute approximate surface area is 119 Å². The molecule has 5 heteroatoms.